The van der Waals surface area contributed by atoms with Crippen molar-refractivity contribution in [1.82, 2.24) is 19.9 Å². The molecule has 7 heteroatoms. The van der Waals surface area contributed by atoms with Gasteiger partial charge in [-0.2, -0.15) is 4.98 Å². The molecule has 2 N–H and O–H groups in total. The number of rotatable bonds is 5. The third kappa shape index (κ3) is 3.44. The number of hydrogen-bond donors (Lipinski definition) is 2. The molecule has 0 saturated heterocycles. The second-order valence-electron chi connectivity index (χ2n) is 4.24. The van der Waals surface area contributed by atoms with Crippen molar-refractivity contribution in [3.8, 4) is 0 Å². The molecule has 0 radical (unpaired) electrons. The predicted molar refractivity (Wildman–Crippen MR) is 77.1 cm³/mol. The number of nitrogens with zero attached hydrogens (tertiary/aromatic N) is 3. The van der Waals surface area contributed by atoms with Gasteiger partial charge in [0.15, 0.2) is 5.65 Å². The lowest BCUT2D eigenvalue weighted by Gasteiger charge is -2.11. The Morgan fingerprint density at radius 2 is 2.32 bits per heavy atom. The van der Waals surface area contributed by atoms with Crippen molar-refractivity contribution in [2.24, 2.45) is 0 Å². The van der Waals surface area contributed by atoms with Crippen LogP contribution in [0.5, 0.6) is 0 Å². The van der Waals surface area contributed by atoms with Gasteiger partial charge in [0.1, 0.15) is 6.04 Å². The number of hydrogen-bond acceptors (Lipinski definition) is 4. The zero-order chi connectivity index (χ0) is 13.8. The molecule has 102 valence electrons. The van der Waals surface area contributed by atoms with E-state index in [1.165, 1.54) is 0 Å². The fourth-order valence-electron chi connectivity index (χ4n) is 1.58. The van der Waals surface area contributed by atoms with E-state index >= 15 is 0 Å². The number of aromatic nitrogens is 3. The van der Waals surface area contributed by atoms with Gasteiger partial charge in [-0.15, -0.1) is 5.10 Å². The molecule has 1 amide bonds. The van der Waals surface area contributed by atoms with E-state index in [0.29, 0.717) is 12.5 Å². The van der Waals surface area contributed by atoms with E-state index in [2.05, 4.69) is 36.6 Å². The lowest BCUT2D eigenvalue weighted by molar-refractivity contribution is -0.121. The maximum absolute atomic E-state index is 11.7. The molecule has 2 rings (SSSR count). The molecule has 0 bridgehead atoms. The number of nitrogens with one attached hydrogen (secondary N) is 2. The summed E-state index contributed by atoms with van der Waals surface area (Å²) < 4.78 is 2.58. The summed E-state index contributed by atoms with van der Waals surface area (Å²) in [6, 6.07) is 3.38. The number of pyridine rings is 1. The molecule has 0 aliphatic heterocycles. The standard InChI is InChI=1S/C12H16BrN5O/c1-3-6-14-11(19)8(2)15-12-16-10-5-4-9(13)7-18(10)17-12/h4-5,7-8H,3,6H2,1-2H3,(H,14,19)(H,15,17). The van der Waals surface area contributed by atoms with Gasteiger partial charge < -0.3 is 10.6 Å². The second-order valence-corrected chi connectivity index (χ2v) is 5.16. The average Bonchev–Trinajstić information content (AvgIpc) is 2.77. The van der Waals surface area contributed by atoms with Crippen molar-refractivity contribution in [2.75, 3.05) is 11.9 Å². The molecule has 2 aromatic heterocycles. The topological polar surface area (TPSA) is 71.3 Å². The first kappa shape index (κ1) is 13.8. The Bertz CT molecular complexity index is 583. The normalized spacial score (nSPS) is 12.4. The van der Waals surface area contributed by atoms with Gasteiger partial charge >= 0.3 is 0 Å². The number of amides is 1. The predicted octanol–water partition coefficient (Wildman–Crippen LogP) is 1.82. The van der Waals surface area contributed by atoms with E-state index in [9.17, 15) is 4.79 Å². The van der Waals surface area contributed by atoms with Gasteiger partial charge in [0.05, 0.1) is 0 Å². The smallest absolute Gasteiger partial charge is 0.243 e. The fraction of sp³-hybridized carbons (Fsp3) is 0.417. The zero-order valence-corrected chi connectivity index (χ0v) is 12.4. The Balaban J connectivity index is 2.06. The Hall–Kier alpha value is -1.63. The summed E-state index contributed by atoms with van der Waals surface area (Å²) in [6.07, 6.45) is 2.73. The van der Waals surface area contributed by atoms with Crippen LogP contribution in [0.15, 0.2) is 22.8 Å². The van der Waals surface area contributed by atoms with Crippen LogP contribution in [0, 0.1) is 0 Å². The monoisotopic (exact) mass is 325 g/mol. The van der Waals surface area contributed by atoms with Gasteiger partial charge in [-0.05, 0) is 41.4 Å². The van der Waals surface area contributed by atoms with Gasteiger partial charge in [0.25, 0.3) is 0 Å². The third-order valence-corrected chi connectivity index (χ3v) is 3.05. The molecule has 0 saturated carbocycles. The highest BCUT2D eigenvalue weighted by Crippen LogP contribution is 2.12. The average molecular weight is 326 g/mol. The molecule has 1 unspecified atom stereocenters. The van der Waals surface area contributed by atoms with Crippen LogP contribution in [0.3, 0.4) is 0 Å². The molecular formula is C12H16BrN5O. The largest absolute Gasteiger partial charge is 0.354 e. The molecule has 19 heavy (non-hydrogen) atoms. The first-order valence-corrected chi connectivity index (χ1v) is 6.95. The van der Waals surface area contributed by atoms with Crippen LogP contribution in [0.2, 0.25) is 0 Å². The Morgan fingerprint density at radius 1 is 1.53 bits per heavy atom. The lowest BCUT2D eigenvalue weighted by Crippen LogP contribution is -2.38. The summed E-state index contributed by atoms with van der Waals surface area (Å²) in [4.78, 5) is 16.0. The minimum Gasteiger partial charge on any atom is -0.354 e. The van der Waals surface area contributed by atoms with Crippen molar-refractivity contribution >= 4 is 33.4 Å². The van der Waals surface area contributed by atoms with E-state index in [4.69, 9.17) is 0 Å². The minimum atomic E-state index is -0.368. The molecule has 6 nitrogen and oxygen atoms in total. The summed E-state index contributed by atoms with van der Waals surface area (Å²) >= 11 is 3.37. The Labute approximate surface area is 119 Å². The van der Waals surface area contributed by atoms with Crippen LogP contribution in [0.25, 0.3) is 5.65 Å². The molecule has 2 aromatic rings. The molecule has 0 aromatic carbocycles. The molecular weight excluding hydrogens is 310 g/mol. The number of fused-ring (bicyclic) bond motifs is 1. The van der Waals surface area contributed by atoms with Crippen LogP contribution >= 0.6 is 15.9 Å². The molecule has 0 aliphatic rings. The fourth-order valence-corrected chi connectivity index (χ4v) is 1.91. The number of carbonyl (C=O) groups is 1. The summed E-state index contributed by atoms with van der Waals surface area (Å²) in [5, 5.41) is 10.1. The summed E-state index contributed by atoms with van der Waals surface area (Å²) in [7, 11) is 0. The number of anilines is 1. The first-order valence-electron chi connectivity index (χ1n) is 6.16. The van der Waals surface area contributed by atoms with Crippen LogP contribution in [-0.4, -0.2) is 33.1 Å². The van der Waals surface area contributed by atoms with Crippen molar-refractivity contribution in [1.29, 1.82) is 0 Å². The molecule has 2 heterocycles. The van der Waals surface area contributed by atoms with Crippen molar-refractivity contribution < 1.29 is 4.79 Å². The lowest BCUT2D eigenvalue weighted by atomic mass is 10.3. The van der Waals surface area contributed by atoms with Crippen LogP contribution in [0.1, 0.15) is 20.3 Å². The minimum absolute atomic E-state index is 0.0538. The van der Waals surface area contributed by atoms with Crippen LogP contribution < -0.4 is 10.6 Å². The highest BCUT2D eigenvalue weighted by molar-refractivity contribution is 9.10. The summed E-state index contributed by atoms with van der Waals surface area (Å²) in [5.74, 6) is 0.388. The van der Waals surface area contributed by atoms with Gasteiger partial charge in [-0.1, -0.05) is 6.92 Å². The SMILES string of the molecule is CCCNC(=O)C(C)Nc1nc2ccc(Br)cn2n1. The van der Waals surface area contributed by atoms with Crippen LogP contribution in [0.4, 0.5) is 5.95 Å². The molecule has 1 atom stereocenters. The maximum atomic E-state index is 11.7. The highest BCUT2D eigenvalue weighted by atomic mass is 79.9. The van der Waals surface area contributed by atoms with Gasteiger partial charge in [-0.25, -0.2) is 4.52 Å². The van der Waals surface area contributed by atoms with Gasteiger partial charge in [0.2, 0.25) is 11.9 Å². The van der Waals surface area contributed by atoms with Crippen molar-refractivity contribution in [3.05, 3.63) is 22.8 Å². The maximum Gasteiger partial charge on any atom is 0.243 e. The first-order chi connectivity index (χ1) is 9.10. The number of halogens is 1. The van der Waals surface area contributed by atoms with E-state index in [0.717, 1.165) is 16.5 Å². The number of carbonyl (C=O) groups excluding carboxylic acids is 1. The Kier molecular flexibility index (Phi) is 4.36. The zero-order valence-electron chi connectivity index (χ0n) is 10.9. The van der Waals surface area contributed by atoms with Gasteiger partial charge in [-0.3, -0.25) is 4.79 Å². The van der Waals surface area contributed by atoms with E-state index in [-0.39, 0.29) is 11.9 Å². The van der Waals surface area contributed by atoms with Crippen molar-refractivity contribution in [3.63, 3.8) is 0 Å². The van der Waals surface area contributed by atoms with Crippen LogP contribution in [-0.2, 0) is 4.79 Å². The Morgan fingerprint density at radius 3 is 3.05 bits per heavy atom. The summed E-state index contributed by atoms with van der Waals surface area (Å²) in [6.45, 7) is 4.48. The third-order valence-electron chi connectivity index (χ3n) is 2.58. The van der Waals surface area contributed by atoms with E-state index < -0.39 is 0 Å². The molecule has 0 spiro atoms. The van der Waals surface area contributed by atoms with Crippen molar-refractivity contribution in [2.45, 2.75) is 26.3 Å². The quantitative estimate of drug-likeness (QED) is 0.879. The highest BCUT2D eigenvalue weighted by Gasteiger charge is 2.14. The van der Waals surface area contributed by atoms with Gasteiger partial charge in [0, 0.05) is 17.2 Å². The summed E-state index contributed by atoms with van der Waals surface area (Å²) in [5.41, 5.74) is 0.729. The van der Waals surface area contributed by atoms with E-state index in [1.807, 2.05) is 25.3 Å². The van der Waals surface area contributed by atoms with E-state index in [1.54, 1.807) is 11.4 Å². The molecule has 0 fully saturated rings. The molecule has 0 aliphatic carbocycles. The second kappa shape index (κ2) is 6.01.